The van der Waals surface area contributed by atoms with E-state index in [2.05, 4.69) is 4.98 Å². The normalized spacial score (nSPS) is 10.5. The maximum Gasteiger partial charge on any atom is 0.311 e. The molecule has 0 fully saturated rings. The van der Waals surface area contributed by atoms with Crippen LogP contribution in [0.3, 0.4) is 0 Å². The van der Waals surface area contributed by atoms with Crippen LogP contribution in [0.15, 0.2) is 28.9 Å². The van der Waals surface area contributed by atoms with E-state index in [0.717, 1.165) is 5.39 Å². The molecule has 0 unspecified atom stereocenters. The molecule has 0 aliphatic carbocycles. The van der Waals surface area contributed by atoms with Crippen LogP contribution in [0.2, 0.25) is 0 Å². The van der Waals surface area contributed by atoms with Gasteiger partial charge in [0, 0.05) is 11.6 Å². The number of pyridine rings is 1. The molecule has 0 aliphatic rings. The first-order chi connectivity index (χ1) is 6.25. The van der Waals surface area contributed by atoms with Gasteiger partial charge in [0.25, 0.3) is 0 Å². The zero-order chi connectivity index (χ0) is 9.26. The molecule has 2 aromatic rings. The largest absolute Gasteiger partial charge is 0.481 e. The summed E-state index contributed by atoms with van der Waals surface area (Å²) in [5.41, 5.74) is 0.624. The summed E-state index contributed by atoms with van der Waals surface area (Å²) in [6.07, 6.45) is 3.12. The number of carbonyl (C=O) groups is 1. The van der Waals surface area contributed by atoms with Crippen molar-refractivity contribution in [2.45, 2.75) is 6.42 Å². The molecule has 2 rings (SSSR count). The minimum Gasteiger partial charge on any atom is -0.481 e. The summed E-state index contributed by atoms with van der Waals surface area (Å²) in [6.45, 7) is 0. The number of fused-ring (bicyclic) bond motifs is 1. The highest BCUT2D eigenvalue weighted by atomic mass is 16.4. The molecule has 13 heavy (non-hydrogen) atoms. The Morgan fingerprint density at radius 2 is 2.46 bits per heavy atom. The van der Waals surface area contributed by atoms with Crippen LogP contribution in [0, 0.1) is 0 Å². The van der Waals surface area contributed by atoms with Gasteiger partial charge in [0.2, 0.25) is 0 Å². The predicted molar refractivity (Wildman–Crippen MR) is 45.3 cm³/mol. The van der Waals surface area contributed by atoms with E-state index in [1.807, 2.05) is 0 Å². The van der Waals surface area contributed by atoms with Gasteiger partial charge < -0.3 is 9.52 Å². The lowest BCUT2D eigenvalue weighted by molar-refractivity contribution is -0.136. The van der Waals surface area contributed by atoms with Crippen LogP contribution < -0.4 is 0 Å². The monoisotopic (exact) mass is 177 g/mol. The van der Waals surface area contributed by atoms with E-state index in [1.54, 1.807) is 24.5 Å². The maximum absolute atomic E-state index is 10.4. The fourth-order valence-corrected chi connectivity index (χ4v) is 1.18. The lowest BCUT2D eigenvalue weighted by Crippen LogP contribution is -1.97. The molecule has 4 heteroatoms. The van der Waals surface area contributed by atoms with Gasteiger partial charge in [-0.1, -0.05) is 0 Å². The minimum atomic E-state index is -0.896. The number of nitrogens with zero attached hydrogens (tertiary/aromatic N) is 1. The lowest BCUT2D eigenvalue weighted by atomic mass is 10.3. The Bertz CT molecular complexity index is 414. The second-order valence-electron chi connectivity index (χ2n) is 2.70. The third kappa shape index (κ3) is 1.51. The number of carboxylic acids is 1. The third-order valence-electron chi connectivity index (χ3n) is 1.70. The number of aliphatic carboxylic acids is 1. The Morgan fingerprint density at radius 1 is 1.62 bits per heavy atom. The van der Waals surface area contributed by atoms with Crippen molar-refractivity contribution in [1.82, 2.24) is 4.98 Å². The summed E-state index contributed by atoms with van der Waals surface area (Å²) < 4.78 is 5.24. The zero-order valence-corrected chi connectivity index (χ0v) is 6.73. The van der Waals surface area contributed by atoms with Gasteiger partial charge in [-0.3, -0.25) is 9.78 Å². The highest BCUT2D eigenvalue weighted by Crippen LogP contribution is 2.17. The number of carboxylic acid groups (broad SMARTS) is 1. The van der Waals surface area contributed by atoms with Crippen LogP contribution in [0.25, 0.3) is 11.0 Å². The van der Waals surface area contributed by atoms with Gasteiger partial charge in [-0.05, 0) is 12.1 Å². The summed E-state index contributed by atoms with van der Waals surface area (Å²) in [5.74, 6) is -0.442. The molecule has 0 saturated carbocycles. The zero-order valence-electron chi connectivity index (χ0n) is 6.73. The average Bonchev–Trinajstić information content (AvgIpc) is 2.44. The van der Waals surface area contributed by atoms with E-state index < -0.39 is 5.97 Å². The van der Waals surface area contributed by atoms with Crippen molar-refractivity contribution in [1.29, 1.82) is 0 Å². The number of hydrogen-bond donors (Lipinski definition) is 1. The van der Waals surface area contributed by atoms with E-state index in [4.69, 9.17) is 9.52 Å². The Hall–Kier alpha value is -1.84. The molecule has 0 amide bonds. The second-order valence-corrected chi connectivity index (χ2v) is 2.70. The minimum absolute atomic E-state index is 0.0886. The fraction of sp³-hybridized carbons (Fsp3) is 0.111. The quantitative estimate of drug-likeness (QED) is 0.754. The smallest absolute Gasteiger partial charge is 0.311 e. The van der Waals surface area contributed by atoms with Gasteiger partial charge >= 0.3 is 5.97 Å². The highest BCUT2D eigenvalue weighted by molar-refractivity contribution is 5.78. The van der Waals surface area contributed by atoms with Crippen LogP contribution in [-0.4, -0.2) is 16.1 Å². The first-order valence-corrected chi connectivity index (χ1v) is 3.80. The first-order valence-electron chi connectivity index (χ1n) is 3.80. The van der Waals surface area contributed by atoms with Crippen molar-refractivity contribution in [3.63, 3.8) is 0 Å². The Morgan fingerprint density at radius 3 is 3.15 bits per heavy atom. The summed E-state index contributed by atoms with van der Waals surface area (Å²) >= 11 is 0. The van der Waals surface area contributed by atoms with E-state index >= 15 is 0 Å². The highest BCUT2D eigenvalue weighted by Gasteiger charge is 2.06. The van der Waals surface area contributed by atoms with Gasteiger partial charge in [-0.25, -0.2) is 0 Å². The molecule has 0 radical (unpaired) electrons. The van der Waals surface area contributed by atoms with Gasteiger partial charge in [0.1, 0.15) is 12.2 Å². The lowest BCUT2D eigenvalue weighted by Gasteiger charge is -1.86. The summed E-state index contributed by atoms with van der Waals surface area (Å²) in [6, 6.07) is 3.50. The molecule has 66 valence electrons. The fourth-order valence-electron chi connectivity index (χ4n) is 1.18. The first kappa shape index (κ1) is 7.79. The Labute approximate surface area is 73.8 Å². The van der Waals surface area contributed by atoms with Crippen LogP contribution in [0.1, 0.15) is 5.76 Å². The van der Waals surface area contributed by atoms with E-state index in [9.17, 15) is 4.79 Å². The molecule has 1 N–H and O–H groups in total. The van der Waals surface area contributed by atoms with Crippen molar-refractivity contribution in [3.8, 4) is 0 Å². The van der Waals surface area contributed by atoms with Gasteiger partial charge in [0.15, 0.2) is 5.58 Å². The standard InChI is InChI=1S/C9H7NO3/c11-9(12)4-7-3-6-1-2-10-5-8(6)13-7/h1-3,5H,4H2,(H,11,12). The molecule has 0 atom stereocenters. The van der Waals surface area contributed by atoms with Crippen LogP contribution in [-0.2, 0) is 11.2 Å². The molecular formula is C9H7NO3. The molecule has 2 aromatic heterocycles. The molecule has 0 aromatic carbocycles. The van der Waals surface area contributed by atoms with Crippen LogP contribution in [0.5, 0.6) is 0 Å². The number of hydrogen-bond acceptors (Lipinski definition) is 3. The third-order valence-corrected chi connectivity index (χ3v) is 1.70. The molecule has 0 aliphatic heterocycles. The number of aromatic nitrogens is 1. The summed E-state index contributed by atoms with van der Waals surface area (Å²) in [5, 5.41) is 9.40. The number of furan rings is 1. The van der Waals surface area contributed by atoms with Crippen molar-refractivity contribution < 1.29 is 14.3 Å². The van der Waals surface area contributed by atoms with Crippen molar-refractivity contribution in [3.05, 3.63) is 30.3 Å². The molecule has 4 nitrogen and oxygen atoms in total. The maximum atomic E-state index is 10.4. The molecule has 2 heterocycles. The molecular weight excluding hydrogens is 170 g/mol. The van der Waals surface area contributed by atoms with Crippen molar-refractivity contribution in [2.24, 2.45) is 0 Å². The van der Waals surface area contributed by atoms with Gasteiger partial charge in [-0.2, -0.15) is 0 Å². The SMILES string of the molecule is O=C(O)Cc1cc2ccncc2o1. The summed E-state index contributed by atoms with van der Waals surface area (Å²) in [7, 11) is 0. The van der Waals surface area contributed by atoms with Crippen molar-refractivity contribution in [2.75, 3.05) is 0 Å². The van der Waals surface area contributed by atoms with Crippen LogP contribution >= 0.6 is 0 Å². The number of rotatable bonds is 2. The Balaban J connectivity index is 2.44. The molecule has 0 bridgehead atoms. The summed E-state index contributed by atoms with van der Waals surface area (Å²) in [4.78, 5) is 14.2. The van der Waals surface area contributed by atoms with Crippen molar-refractivity contribution >= 4 is 16.9 Å². The van der Waals surface area contributed by atoms with E-state index in [-0.39, 0.29) is 6.42 Å². The molecule has 0 spiro atoms. The van der Waals surface area contributed by atoms with Crippen LogP contribution in [0.4, 0.5) is 0 Å². The Kier molecular flexibility index (Phi) is 1.73. The molecule has 0 saturated heterocycles. The topological polar surface area (TPSA) is 63.3 Å². The van der Waals surface area contributed by atoms with E-state index in [1.165, 1.54) is 0 Å². The van der Waals surface area contributed by atoms with Gasteiger partial charge in [0.05, 0.1) is 6.20 Å². The van der Waals surface area contributed by atoms with E-state index in [0.29, 0.717) is 11.3 Å². The second kappa shape index (κ2) is 2.90. The van der Waals surface area contributed by atoms with Gasteiger partial charge in [-0.15, -0.1) is 0 Å². The average molecular weight is 177 g/mol. The predicted octanol–water partition coefficient (Wildman–Crippen LogP) is 1.45.